The third kappa shape index (κ3) is 5.19. The van der Waals surface area contributed by atoms with Crippen molar-refractivity contribution in [2.75, 3.05) is 11.9 Å². The van der Waals surface area contributed by atoms with Crippen LogP contribution in [0.3, 0.4) is 0 Å². The van der Waals surface area contributed by atoms with Gasteiger partial charge in [0.2, 0.25) is 0 Å². The quantitative estimate of drug-likeness (QED) is 0.784. The molecule has 0 radical (unpaired) electrons. The van der Waals surface area contributed by atoms with E-state index in [0.29, 0.717) is 11.3 Å². The van der Waals surface area contributed by atoms with Gasteiger partial charge in [0.15, 0.2) is 6.10 Å². The van der Waals surface area contributed by atoms with Gasteiger partial charge in [0.1, 0.15) is 11.6 Å². The van der Waals surface area contributed by atoms with Crippen molar-refractivity contribution in [3.05, 3.63) is 58.9 Å². The van der Waals surface area contributed by atoms with Crippen LogP contribution in [-0.4, -0.2) is 24.6 Å². The molecule has 0 saturated heterocycles. The van der Waals surface area contributed by atoms with Gasteiger partial charge in [0.05, 0.1) is 17.9 Å². The Balaban J connectivity index is 2.03. The summed E-state index contributed by atoms with van der Waals surface area (Å²) in [6.07, 6.45) is -0.910. The Morgan fingerprint density at radius 1 is 1.24 bits per heavy atom. The van der Waals surface area contributed by atoms with Gasteiger partial charge in [-0.25, -0.2) is 9.18 Å². The molecule has 0 saturated carbocycles. The van der Waals surface area contributed by atoms with E-state index in [1.54, 1.807) is 25.1 Å². The summed E-state index contributed by atoms with van der Waals surface area (Å²) < 4.78 is 24.1. The number of ether oxygens (including phenoxy) is 2. The predicted molar refractivity (Wildman–Crippen MR) is 92.5 cm³/mol. The molecule has 2 rings (SSSR count). The highest BCUT2D eigenvalue weighted by Crippen LogP contribution is 2.20. The van der Waals surface area contributed by atoms with Crippen LogP contribution < -0.4 is 10.1 Å². The number of hydrogen-bond donors (Lipinski definition) is 1. The van der Waals surface area contributed by atoms with Crippen LogP contribution in [0.25, 0.3) is 0 Å². The van der Waals surface area contributed by atoms with Crippen molar-refractivity contribution in [3.63, 3.8) is 0 Å². The molecule has 1 atom stereocenters. The summed E-state index contributed by atoms with van der Waals surface area (Å²) in [6, 6.07) is 10.2. The van der Waals surface area contributed by atoms with Gasteiger partial charge in [-0.3, -0.25) is 4.79 Å². The summed E-state index contributed by atoms with van der Waals surface area (Å²) >= 11 is 5.67. The van der Waals surface area contributed by atoms with Crippen LogP contribution in [0.15, 0.2) is 42.5 Å². The zero-order valence-corrected chi connectivity index (χ0v) is 14.5. The van der Waals surface area contributed by atoms with Gasteiger partial charge in [-0.1, -0.05) is 17.7 Å². The van der Waals surface area contributed by atoms with Gasteiger partial charge in [-0.05, 0) is 50.2 Å². The molecule has 0 unspecified atom stereocenters. The molecule has 0 spiro atoms. The standard InChI is InChI=1S/C18H17ClFNO4/c1-3-24-18(23)12-5-4-6-14(9-12)25-11(2)17(22)21-16-8-7-13(19)10-15(16)20/h4-11H,3H2,1-2H3,(H,21,22)/t11-/m0/s1. The highest BCUT2D eigenvalue weighted by molar-refractivity contribution is 6.30. The fraction of sp³-hybridized carbons (Fsp3) is 0.222. The van der Waals surface area contributed by atoms with Gasteiger partial charge in [-0.15, -0.1) is 0 Å². The second kappa shape index (κ2) is 8.48. The SMILES string of the molecule is CCOC(=O)c1cccc(O[C@@H](C)C(=O)Nc2ccc(Cl)cc2F)c1. The van der Waals surface area contributed by atoms with Gasteiger partial charge in [0, 0.05) is 5.02 Å². The number of anilines is 1. The predicted octanol–water partition coefficient (Wildman–Crippen LogP) is 4.06. The molecule has 132 valence electrons. The number of carbonyl (C=O) groups is 2. The second-order valence-electron chi connectivity index (χ2n) is 5.12. The number of hydrogen-bond acceptors (Lipinski definition) is 4. The first-order valence-electron chi connectivity index (χ1n) is 7.60. The number of rotatable bonds is 6. The lowest BCUT2D eigenvalue weighted by atomic mass is 10.2. The Hall–Kier alpha value is -2.60. The van der Waals surface area contributed by atoms with E-state index in [9.17, 15) is 14.0 Å². The molecule has 25 heavy (non-hydrogen) atoms. The maximum absolute atomic E-state index is 13.7. The van der Waals surface area contributed by atoms with E-state index in [1.165, 1.54) is 25.1 Å². The number of esters is 1. The Bertz CT molecular complexity index is 781. The molecular weight excluding hydrogens is 349 g/mol. The number of halogens is 2. The van der Waals surface area contributed by atoms with Crippen LogP contribution in [0.2, 0.25) is 5.02 Å². The summed E-state index contributed by atoms with van der Waals surface area (Å²) in [6.45, 7) is 3.48. The fourth-order valence-corrected chi connectivity index (χ4v) is 2.15. The summed E-state index contributed by atoms with van der Waals surface area (Å²) in [5.41, 5.74) is 0.320. The molecule has 0 bridgehead atoms. The molecule has 1 amide bonds. The minimum Gasteiger partial charge on any atom is -0.481 e. The number of benzene rings is 2. The van der Waals surface area contributed by atoms with Crippen molar-refractivity contribution in [2.45, 2.75) is 20.0 Å². The Morgan fingerprint density at radius 3 is 2.68 bits per heavy atom. The molecule has 0 fully saturated rings. The van der Waals surface area contributed by atoms with E-state index in [0.717, 1.165) is 6.07 Å². The Kier molecular flexibility index (Phi) is 6.36. The highest BCUT2D eigenvalue weighted by atomic mass is 35.5. The average molecular weight is 366 g/mol. The molecule has 0 heterocycles. The largest absolute Gasteiger partial charge is 0.481 e. The molecule has 5 nitrogen and oxygen atoms in total. The molecule has 1 N–H and O–H groups in total. The first-order chi connectivity index (χ1) is 11.9. The van der Waals surface area contributed by atoms with E-state index in [-0.39, 0.29) is 17.3 Å². The Morgan fingerprint density at radius 2 is 2.00 bits per heavy atom. The lowest BCUT2D eigenvalue weighted by molar-refractivity contribution is -0.122. The van der Waals surface area contributed by atoms with Gasteiger partial charge < -0.3 is 14.8 Å². The van der Waals surface area contributed by atoms with Gasteiger partial charge in [0.25, 0.3) is 5.91 Å². The molecular formula is C18H17ClFNO4. The first kappa shape index (κ1) is 18.7. The van der Waals surface area contributed by atoms with Crippen LogP contribution in [0.1, 0.15) is 24.2 Å². The normalized spacial score (nSPS) is 11.5. The average Bonchev–Trinajstić information content (AvgIpc) is 2.57. The van der Waals surface area contributed by atoms with E-state index >= 15 is 0 Å². The molecule has 0 aliphatic rings. The van der Waals surface area contributed by atoms with E-state index in [2.05, 4.69) is 5.32 Å². The first-order valence-corrected chi connectivity index (χ1v) is 7.98. The smallest absolute Gasteiger partial charge is 0.338 e. The maximum Gasteiger partial charge on any atom is 0.338 e. The van der Waals surface area contributed by atoms with Crippen LogP contribution in [0.5, 0.6) is 5.75 Å². The molecule has 2 aromatic rings. The van der Waals surface area contributed by atoms with Crippen molar-refractivity contribution in [2.24, 2.45) is 0 Å². The van der Waals surface area contributed by atoms with Crippen molar-refractivity contribution < 1.29 is 23.5 Å². The van der Waals surface area contributed by atoms with Crippen molar-refractivity contribution >= 4 is 29.2 Å². The van der Waals surface area contributed by atoms with Gasteiger partial charge in [-0.2, -0.15) is 0 Å². The molecule has 0 aliphatic carbocycles. The lowest BCUT2D eigenvalue weighted by Gasteiger charge is -2.15. The summed E-state index contributed by atoms with van der Waals surface area (Å²) in [7, 11) is 0. The van der Waals surface area contributed by atoms with Crippen LogP contribution >= 0.6 is 11.6 Å². The van der Waals surface area contributed by atoms with Crippen LogP contribution in [0, 0.1) is 5.82 Å². The van der Waals surface area contributed by atoms with E-state index in [1.807, 2.05) is 0 Å². The Labute approximate surface area is 149 Å². The molecule has 0 aliphatic heterocycles. The van der Waals surface area contributed by atoms with Gasteiger partial charge >= 0.3 is 5.97 Å². The van der Waals surface area contributed by atoms with E-state index in [4.69, 9.17) is 21.1 Å². The molecule has 7 heteroatoms. The summed E-state index contributed by atoms with van der Waals surface area (Å²) in [5.74, 6) is -1.34. The third-order valence-electron chi connectivity index (χ3n) is 3.22. The minimum absolute atomic E-state index is 0.00474. The number of nitrogens with one attached hydrogen (secondary N) is 1. The topological polar surface area (TPSA) is 64.6 Å². The van der Waals surface area contributed by atoms with Crippen molar-refractivity contribution in [3.8, 4) is 5.75 Å². The van der Waals surface area contributed by atoms with Crippen molar-refractivity contribution in [1.82, 2.24) is 0 Å². The monoisotopic (exact) mass is 365 g/mol. The zero-order chi connectivity index (χ0) is 18.4. The number of amides is 1. The molecule has 2 aromatic carbocycles. The zero-order valence-electron chi connectivity index (χ0n) is 13.7. The van der Waals surface area contributed by atoms with E-state index < -0.39 is 23.8 Å². The summed E-state index contributed by atoms with van der Waals surface area (Å²) in [5, 5.41) is 2.66. The van der Waals surface area contributed by atoms with Crippen LogP contribution in [0.4, 0.5) is 10.1 Å². The lowest BCUT2D eigenvalue weighted by Crippen LogP contribution is -2.30. The third-order valence-corrected chi connectivity index (χ3v) is 3.45. The van der Waals surface area contributed by atoms with Crippen molar-refractivity contribution in [1.29, 1.82) is 0 Å². The maximum atomic E-state index is 13.7. The fourth-order valence-electron chi connectivity index (χ4n) is 1.99. The number of carbonyl (C=O) groups excluding carboxylic acids is 2. The molecule has 0 aromatic heterocycles. The highest BCUT2D eigenvalue weighted by Gasteiger charge is 2.17. The van der Waals surface area contributed by atoms with Crippen LogP contribution in [-0.2, 0) is 9.53 Å². The summed E-state index contributed by atoms with van der Waals surface area (Å²) in [4.78, 5) is 23.9. The minimum atomic E-state index is -0.910. The second-order valence-corrected chi connectivity index (χ2v) is 5.56.